The molecule has 2 heterocycles. The molecule has 2 bridgehead atoms. The van der Waals surface area contributed by atoms with Crippen molar-refractivity contribution in [3.63, 3.8) is 0 Å². The van der Waals surface area contributed by atoms with E-state index in [1.807, 2.05) is 12.1 Å². The number of benzene rings is 1. The number of fused-ring (bicyclic) bond motifs is 6. The summed E-state index contributed by atoms with van der Waals surface area (Å²) in [6.45, 7) is 19.8. The molecule has 1 aromatic heterocycles. The van der Waals surface area contributed by atoms with Crippen molar-refractivity contribution in [2.45, 2.75) is 124 Å². The number of rotatable bonds is 2. The van der Waals surface area contributed by atoms with Crippen molar-refractivity contribution in [2.75, 3.05) is 6.61 Å². The lowest BCUT2D eigenvalue weighted by atomic mass is 9.31. The topological polar surface area (TPSA) is 30.9 Å². The number of aryl methyl sites for hydroxylation is 1. The van der Waals surface area contributed by atoms with Gasteiger partial charge in [0.1, 0.15) is 19.4 Å². The Balaban J connectivity index is 0.00000312. The quantitative estimate of drug-likeness (QED) is 0.331. The molecule has 9 atom stereocenters. The van der Waals surface area contributed by atoms with Crippen molar-refractivity contribution in [3.8, 4) is 0 Å². The molecule has 0 N–H and O–H groups in total. The van der Waals surface area contributed by atoms with Crippen molar-refractivity contribution in [2.24, 2.45) is 57.8 Å². The van der Waals surface area contributed by atoms with Gasteiger partial charge in [-0.25, -0.2) is 4.39 Å². The predicted octanol–water partition coefficient (Wildman–Crippen LogP) is 4.80. The summed E-state index contributed by atoms with van der Waals surface area (Å²) in [6.07, 6.45) is 12.4. The number of hydrogen-bond donors (Lipinski definition) is 0. The van der Waals surface area contributed by atoms with Crippen LogP contribution in [0.15, 0.2) is 24.3 Å². The van der Waals surface area contributed by atoms with Gasteiger partial charge in [-0.1, -0.05) is 60.6 Å². The maximum Gasteiger partial charge on any atom is 0.177 e. The molecule has 2 aromatic rings. The van der Waals surface area contributed by atoms with Gasteiger partial charge in [-0.3, -0.25) is 0 Å². The Morgan fingerprint density at radius 2 is 1.68 bits per heavy atom. The van der Waals surface area contributed by atoms with Crippen LogP contribution in [0.1, 0.15) is 117 Å². The largest absolute Gasteiger partial charge is 1.00 e. The molecule has 8 rings (SSSR count). The Morgan fingerprint density at radius 1 is 0.932 bits per heavy atom. The Hall–Kier alpha value is -1.02. The highest BCUT2D eigenvalue weighted by molar-refractivity contribution is 5.30. The molecule has 6 heteroatoms. The smallest absolute Gasteiger partial charge is 0.177 e. The van der Waals surface area contributed by atoms with Crippen LogP contribution in [0, 0.1) is 56.6 Å². The summed E-state index contributed by atoms with van der Waals surface area (Å²) in [5.41, 5.74) is 5.45. The molecule has 6 aliphatic rings. The van der Waals surface area contributed by atoms with Crippen LogP contribution in [0.3, 0.4) is 0 Å². The average molecular weight is 716 g/mol. The third kappa shape index (κ3) is 3.88. The third-order valence-electron chi connectivity index (χ3n) is 15.8. The summed E-state index contributed by atoms with van der Waals surface area (Å²) in [6, 6.07) is 7.05. The van der Waals surface area contributed by atoms with Gasteiger partial charge in [0.15, 0.2) is 11.4 Å². The minimum Gasteiger partial charge on any atom is -1.00 e. The van der Waals surface area contributed by atoms with Crippen molar-refractivity contribution in [1.29, 1.82) is 0 Å². The second kappa shape index (κ2) is 9.76. The summed E-state index contributed by atoms with van der Waals surface area (Å²) < 4.78 is 25.3. The summed E-state index contributed by atoms with van der Waals surface area (Å²) in [5.74, 6) is 2.67. The van der Waals surface area contributed by atoms with E-state index in [-0.39, 0.29) is 40.6 Å². The average Bonchev–Trinajstić information content (AvgIpc) is 3.42. The fourth-order valence-corrected chi connectivity index (χ4v) is 13.7. The van der Waals surface area contributed by atoms with Gasteiger partial charge in [-0.2, -0.15) is 0 Å². The molecule has 242 valence electrons. The molecule has 0 amide bonds. The standard InChI is InChI=1S/C38H55FN3O.HI/c1-33(2)16-18-38-19-17-36(6)26(30(38)32(33)43-23-38)12-13-29-35(5)21-27-31(34(3,4)28(35)14-15-37(29,36)7)42(40-41(27)8)22-24-10-9-11-25(39)20-24;/h9-11,20,26,28-30,32H,12-19,21-23H2,1-8H3;1H/q+1;/p-1/t26-,28+,29-,30+,32-,35+,36-,37-,38-;/m1./s1. The molecular weight excluding hydrogens is 660 g/mol. The first kappa shape index (κ1) is 31.6. The van der Waals surface area contributed by atoms with Gasteiger partial charge in [0.05, 0.1) is 17.9 Å². The van der Waals surface area contributed by atoms with Gasteiger partial charge in [-0.05, 0) is 120 Å². The van der Waals surface area contributed by atoms with Crippen LogP contribution < -0.4 is 28.7 Å². The van der Waals surface area contributed by atoms with E-state index in [0.29, 0.717) is 46.1 Å². The van der Waals surface area contributed by atoms with Crippen molar-refractivity contribution < 1.29 is 37.8 Å². The van der Waals surface area contributed by atoms with Crippen molar-refractivity contribution in [3.05, 3.63) is 47.0 Å². The zero-order chi connectivity index (χ0) is 30.4. The van der Waals surface area contributed by atoms with Gasteiger partial charge in [0.2, 0.25) is 0 Å². The summed E-state index contributed by atoms with van der Waals surface area (Å²) in [5, 5.41) is 5.08. The summed E-state index contributed by atoms with van der Waals surface area (Å²) >= 11 is 0. The molecule has 1 saturated heterocycles. The lowest BCUT2D eigenvalue weighted by Gasteiger charge is -2.72. The highest BCUT2D eigenvalue weighted by Gasteiger charge is 2.73. The fourth-order valence-electron chi connectivity index (χ4n) is 13.7. The number of aromatic nitrogens is 3. The molecule has 0 unspecified atom stereocenters. The van der Waals surface area contributed by atoms with E-state index in [4.69, 9.17) is 9.95 Å². The molecule has 1 aromatic carbocycles. The SMILES string of the molecule is Cn1n[n+](Cc2cccc(F)c2)c2c1C[C@]1(C)[C@H]3CC[C@@H]4[C@H]5[C@H]6OC[C@@]5(CCC6(C)C)CC[C@@]4(C)[C@]3(C)CC[C@H]1C2(C)C.[I-]. The van der Waals surface area contributed by atoms with E-state index >= 15 is 0 Å². The maximum atomic E-state index is 14.1. The molecule has 5 fully saturated rings. The van der Waals surface area contributed by atoms with Gasteiger partial charge in [0, 0.05) is 11.8 Å². The van der Waals surface area contributed by atoms with E-state index in [1.54, 1.807) is 6.07 Å². The number of ether oxygens (including phenoxy) is 1. The second-order valence-corrected chi connectivity index (χ2v) is 18.3. The highest BCUT2D eigenvalue weighted by atomic mass is 127. The third-order valence-corrected chi connectivity index (χ3v) is 15.8. The molecule has 5 aliphatic carbocycles. The van der Waals surface area contributed by atoms with Gasteiger partial charge in [0.25, 0.3) is 0 Å². The zero-order valence-corrected chi connectivity index (χ0v) is 30.6. The first-order valence-corrected chi connectivity index (χ1v) is 17.5. The first-order valence-electron chi connectivity index (χ1n) is 17.5. The van der Waals surface area contributed by atoms with E-state index in [1.165, 1.54) is 68.8 Å². The van der Waals surface area contributed by atoms with Crippen LogP contribution in [0.4, 0.5) is 4.39 Å². The molecule has 44 heavy (non-hydrogen) atoms. The minimum absolute atomic E-state index is 0. The first-order chi connectivity index (χ1) is 20.2. The zero-order valence-electron chi connectivity index (χ0n) is 28.5. The Kier molecular flexibility index (Phi) is 7.01. The lowest BCUT2D eigenvalue weighted by Crippen LogP contribution is -3.00. The summed E-state index contributed by atoms with van der Waals surface area (Å²) in [4.78, 5) is 0. The van der Waals surface area contributed by atoms with Gasteiger partial charge < -0.3 is 28.7 Å². The van der Waals surface area contributed by atoms with Crippen LogP contribution in [0.5, 0.6) is 0 Å². The van der Waals surface area contributed by atoms with Gasteiger partial charge in [-0.15, -0.1) is 9.36 Å². The van der Waals surface area contributed by atoms with Crippen LogP contribution in [-0.2, 0) is 30.2 Å². The van der Waals surface area contributed by atoms with Gasteiger partial charge >= 0.3 is 0 Å². The maximum absolute atomic E-state index is 14.1. The van der Waals surface area contributed by atoms with E-state index in [0.717, 1.165) is 30.4 Å². The molecule has 4 saturated carbocycles. The molecule has 1 aliphatic heterocycles. The Morgan fingerprint density at radius 3 is 2.43 bits per heavy atom. The summed E-state index contributed by atoms with van der Waals surface area (Å²) in [7, 11) is 2.14. The number of halogens is 2. The number of hydrogen-bond acceptors (Lipinski definition) is 2. The normalized spacial score (nSPS) is 44.3. The molecular formula is C38H55FIN3O. The van der Waals surface area contributed by atoms with Crippen LogP contribution in [0.2, 0.25) is 0 Å². The van der Waals surface area contributed by atoms with Crippen LogP contribution >= 0.6 is 0 Å². The number of nitrogens with zero attached hydrogens (tertiary/aromatic N) is 3. The minimum atomic E-state index is -0.171. The highest BCUT2D eigenvalue weighted by Crippen LogP contribution is 2.77. The fraction of sp³-hybridized carbons (Fsp3) is 0.789. The Labute approximate surface area is 282 Å². The van der Waals surface area contributed by atoms with Crippen LogP contribution in [-0.4, -0.2) is 22.6 Å². The monoisotopic (exact) mass is 715 g/mol. The van der Waals surface area contributed by atoms with E-state index < -0.39 is 0 Å². The molecule has 0 radical (unpaired) electrons. The van der Waals surface area contributed by atoms with E-state index in [2.05, 4.69) is 64.9 Å². The van der Waals surface area contributed by atoms with Crippen LogP contribution in [0.25, 0.3) is 0 Å². The lowest BCUT2D eigenvalue weighted by molar-refractivity contribution is -0.757. The Bertz CT molecular complexity index is 1480. The molecule has 4 nitrogen and oxygen atoms in total. The van der Waals surface area contributed by atoms with Crippen molar-refractivity contribution >= 4 is 0 Å². The molecule has 0 spiro atoms. The van der Waals surface area contributed by atoms with E-state index in [9.17, 15) is 4.39 Å². The second-order valence-electron chi connectivity index (χ2n) is 18.3. The predicted molar refractivity (Wildman–Crippen MR) is 167 cm³/mol. The van der Waals surface area contributed by atoms with Crippen molar-refractivity contribution in [1.82, 2.24) is 9.90 Å².